The molecule has 0 spiro atoms. The maximum Gasteiger partial charge on any atom is 0.271 e. The third-order valence-electron chi connectivity index (χ3n) is 6.06. The summed E-state index contributed by atoms with van der Waals surface area (Å²) in [5, 5.41) is 14.7. The first-order valence-electron chi connectivity index (χ1n) is 12.5. The van der Waals surface area contributed by atoms with Crippen LogP contribution >= 0.6 is 11.6 Å². The number of benzene rings is 3. The average molecular weight is 587 g/mol. The van der Waals surface area contributed by atoms with Gasteiger partial charge in [0.25, 0.3) is 15.7 Å². The SMILES string of the molecule is CC(C)CNC(=O)[C@@H](C)N(Cc1ccc(Cl)cc1)C(=O)CN(c1cccc([N+](=O)[O-])c1)S(=O)(=O)c1ccccc1. The number of anilines is 1. The van der Waals surface area contributed by atoms with Crippen molar-refractivity contribution in [1.82, 2.24) is 10.2 Å². The minimum absolute atomic E-state index is 0.000426. The molecule has 0 saturated heterocycles. The fraction of sp³-hybridized carbons (Fsp3) is 0.286. The van der Waals surface area contributed by atoms with Gasteiger partial charge in [0.15, 0.2) is 0 Å². The zero-order valence-corrected chi connectivity index (χ0v) is 23.9. The van der Waals surface area contributed by atoms with Crippen molar-refractivity contribution in [2.75, 3.05) is 17.4 Å². The highest BCUT2D eigenvalue weighted by molar-refractivity contribution is 7.92. The summed E-state index contributed by atoms with van der Waals surface area (Å²) >= 11 is 6.01. The van der Waals surface area contributed by atoms with Crippen molar-refractivity contribution in [1.29, 1.82) is 0 Å². The summed E-state index contributed by atoms with van der Waals surface area (Å²) in [5.41, 5.74) is 0.279. The minimum Gasteiger partial charge on any atom is -0.354 e. The van der Waals surface area contributed by atoms with E-state index < -0.39 is 39.3 Å². The van der Waals surface area contributed by atoms with E-state index >= 15 is 0 Å². The fourth-order valence-electron chi connectivity index (χ4n) is 3.83. The highest BCUT2D eigenvalue weighted by Crippen LogP contribution is 2.27. The molecule has 0 radical (unpaired) electrons. The van der Waals surface area contributed by atoms with Crippen LogP contribution in [-0.2, 0) is 26.2 Å². The quantitative estimate of drug-likeness (QED) is 0.243. The smallest absolute Gasteiger partial charge is 0.271 e. The first kappa shape index (κ1) is 30.6. The van der Waals surface area contributed by atoms with E-state index in [1.807, 2.05) is 13.8 Å². The van der Waals surface area contributed by atoms with Gasteiger partial charge >= 0.3 is 0 Å². The Morgan fingerprint density at radius 1 is 0.975 bits per heavy atom. The molecule has 0 aliphatic carbocycles. The lowest BCUT2D eigenvalue weighted by Gasteiger charge is -2.32. The summed E-state index contributed by atoms with van der Waals surface area (Å²) in [5.74, 6) is -0.895. The Labute approximate surface area is 238 Å². The molecule has 212 valence electrons. The molecular formula is C28H31ClN4O6S. The fourth-order valence-corrected chi connectivity index (χ4v) is 5.38. The van der Waals surface area contributed by atoms with Crippen LogP contribution in [0.2, 0.25) is 5.02 Å². The van der Waals surface area contributed by atoms with Gasteiger partial charge in [-0.2, -0.15) is 0 Å². The van der Waals surface area contributed by atoms with Gasteiger partial charge < -0.3 is 10.2 Å². The molecule has 0 aromatic heterocycles. The molecule has 0 aliphatic heterocycles. The Kier molecular flexibility index (Phi) is 10.2. The monoisotopic (exact) mass is 586 g/mol. The Bertz CT molecular complexity index is 1450. The first-order valence-corrected chi connectivity index (χ1v) is 14.4. The number of rotatable bonds is 12. The lowest BCUT2D eigenvalue weighted by molar-refractivity contribution is -0.384. The molecule has 3 aromatic rings. The molecule has 3 aromatic carbocycles. The summed E-state index contributed by atoms with van der Waals surface area (Å²) < 4.78 is 28.3. The highest BCUT2D eigenvalue weighted by atomic mass is 35.5. The molecular weight excluding hydrogens is 556 g/mol. The molecule has 0 saturated carbocycles. The molecule has 3 rings (SSSR count). The van der Waals surface area contributed by atoms with Crippen molar-refractivity contribution < 1.29 is 22.9 Å². The van der Waals surface area contributed by atoms with E-state index in [-0.39, 0.29) is 28.7 Å². The summed E-state index contributed by atoms with van der Waals surface area (Å²) in [6.45, 7) is 5.13. The van der Waals surface area contributed by atoms with Gasteiger partial charge in [0.2, 0.25) is 11.8 Å². The molecule has 0 unspecified atom stereocenters. The summed E-state index contributed by atoms with van der Waals surface area (Å²) in [7, 11) is -4.33. The van der Waals surface area contributed by atoms with Gasteiger partial charge in [-0.05, 0) is 48.7 Å². The van der Waals surface area contributed by atoms with Crippen LogP contribution in [-0.4, -0.2) is 49.2 Å². The number of hydrogen-bond donors (Lipinski definition) is 1. The number of halogens is 1. The predicted octanol–water partition coefficient (Wildman–Crippen LogP) is 4.63. The Balaban J connectivity index is 2.04. The number of nitro groups is 1. The van der Waals surface area contributed by atoms with Crippen LogP contribution in [0.3, 0.4) is 0 Å². The van der Waals surface area contributed by atoms with Crippen LogP contribution < -0.4 is 9.62 Å². The van der Waals surface area contributed by atoms with E-state index in [0.29, 0.717) is 17.1 Å². The van der Waals surface area contributed by atoms with Gasteiger partial charge in [0, 0.05) is 30.2 Å². The van der Waals surface area contributed by atoms with Gasteiger partial charge in [0.05, 0.1) is 15.5 Å². The molecule has 40 heavy (non-hydrogen) atoms. The molecule has 1 N–H and O–H groups in total. The molecule has 2 amide bonds. The van der Waals surface area contributed by atoms with E-state index in [9.17, 15) is 28.1 Å². The number of hydrogen-bond acceptors (Lipinski definition) is 6. The maximum atomic E-state index is 13.9. The highest BCUT2D eigenvalue weighted by Gasteiger charge is 2.33. The van der Waals surface area contributed by atoms with E-state index in [2.05, 4.69) is 5.32 Å². The number of nitro benzene ring substituents is 1. The van der Waals surface area contributed by atoms with E-state index in [0.717, 1.165) is 10.4 Å². The van der Waals surface area contributed by atoms with Crippen molar-refractivity contribution >= 4 is 44.8 Å². The maximum absolute atomic E-state index is 13.9. The predicted molar refractivity (Wildman–Crippen MR) is 153 cm³/mol. The number of carbonyl (C=O) groups is 2. The number of sulfonamides is 1. The lowest BCUT2D eigenvalue weighted by atomic mass is 10.1. The minimum atomic E-state index is -4.33. The zero-order chi connectivity index (χ0) is 29.4. The van der Waals surface area contributed by atoms with E-state index in [4.69, 9.17) is 11.6 Å². The number of nitrogens with one attached hydrogen (secondary N) is 1. The van der Waals surface area contributed by atoms with Gasteiger partial charge in [-0.1, -0.05) is 61.8 Å². The number of amides is 2. The Morgan fingerprint density at radius 3 is 2.23 bits per heavy atom. The summed E-state index contributed by atoms with van der Waals surface area (Å²) in [6.07, 6.45) is 0. The standard InChI is InChI=1S/C28H31ClN4O6S/c1-20(2)17-30-28(35)21(3)31(18-22-12-14-23(29)15-13-22)27(34)19-32(24-8-7-9-25(16-24)33(36)37)40(38,39)26-10-5-4-6-11-26/h4-16,20-21H,17-19H2,1-3H3,(H,30,35)/t21-/m1/s1. The van der Waals surface area contributed by atoms with Gasteiger partial charge in [-0.15, -0.1) is 0 Å². The van der Waals surface area contributed by atoms with Gasteiger partial charge in [0.1, 0.15) is 12.6 Å². The molecule has 0 fully saturated rings. The van der Waals surface area contributed by atoms with Crippen molar-refractivity contribution in [3.63, 3.8) is 0 Å². The summed E-state index contributed by atoms with van der Waals surface area (Å²) in [6, 6.07) is 18.3. The van der Waals surface area contributed by atoms with Crippen LogP contribution in [0.5, 0.6) is 0 Å². The second kappa shape index (κ2) is 13.4. The van der Waals surface area contributed by atoms with Gasteiger partial charge in [-0.25, -0.2) is 8.42 Å². The molecule has 0 heterocycles. The number of nitrogens with zero attached hydrogens (tertiary/aromatic N) is 3. The van der Waals surface area contributed by atoms with Crippen LogP contribution in [0, 0.1) is 16.0 Å². The van der Waals surface area contributed by atoms with E-state index in [1.165, 1.54) is 47.4 Å². The Hall–Kier alpha value is -3.96. The van der Waals surface area contributed by atoms with Crippen LogP contribution in [0.1, 0.15) is 26.3 Å². The molecule has 0 bridgehead atoms. The summed E-state index contributed by atoms with van der Waals surface area (Å²) in [4.78, 5) is 38.8. The number of non-ortho nitro benzene ring substituents is 1. The largest absolute Gasteiger partial charge is 0.354 e. The average Bonchev–Trinajstić information content (AvgIpc) is 2.94. The van der Waals surface area contributed by atoms with Crippen LogP contribution in [0.25, 0.3) is 0 Å². The molecule has 1 atom stereocenters. The Morgan fingerprint density at radius 2 is 1.62 bits per heavy atom. The molecule has 0 aliphatic rings. The second-order valence-corrected chi connectivity index (χ2v) is 11.9. The van der Waals surface area contributed by atoms with Gasteiger partial charge in [-0.3, -0.25) is 24.0 Å². The normalized spacial score (nSPS) is 12.0. The zero-order valence-electron chi connectivity index (χ0n) is 22.4. The lowest BCUT2D eigenvalue weighted by Crippen LogP contribution is -2.51. The van der Waals surface area contributed by atoms with Crippen molar-refractivity contribution in [3.05, 3.63) is 99.6 Å². The van der Waals surface area contributed by atoms with E-state index in [1.54, 1.807) is 37.3 Å². The van der Waals surface area contributed by atoms with Crippen molar-refractivity contribution in [2.24, 2.45) is 5.92 Å². The van der Waals surface area contributed by atoms with Crippen molar-refractivity contribution in [3.8, 4) is 0 Å². The topological polar surface area (TPSA) is 130 Å². The molecule has 12 heteroatoms. The third-order valence-corrected chi connectivity index (χ3v) is 8.10. The first-order chi connectivity index (χ1) is 18.9. The van der Waals surface area contributed by atoms with Crippen molar-refractivity contribution in [2.45, 2.75) is 38.3 Å². The van der Waals surface area contributed by atoms with Crippen LogP contribution in [0.4, 0.5) is 11.4 Å². The van der Waals surface area contributed by atoms with Crippen LogP contribution in [0.15, 0.2) is 83.8 Å². The third kappa shape index (κ3) is 7.80. The molecule has 10 nitrogen and oxygen atoms in total. The second-order valence-electron chi connectivity index (χ2n) is 9.56. The number of carbonyl (C=O) groups excluding carboxylic acids is 2.